The highest BCUT2D eigenvalue weighted by atomic mass is 19.1. The topological polar surface area (TPSA) is 26.0 Å². The number of nitrogens with two attached hydrogens (primary N) is 1. The van der Waals surface area contributed by atoms with Gasteiger partial charge in [0.2, 0.25) is 0 Å². The number of halogens is 2. The Kier molecular flexibility index (Phi) is 4.26. The highest BCUT2D eigenvalue weighted by Crippen LogP contribution is 2.14. The Hall–Kier alpha value is -1.12. The maximum Gasteiger partial charge on any atom is 0.149 e. The lowest BCUT2D eigenvalue weighted by atomic mass is 10.2. The van der Waals surface area contributed by atoms with Gasteiger partial charge >= 0.3 is 0 Å². The average molecular weight is 173 g/mol. The van der Waals surface area contributed by atoms with Gasteiger partial charge in [0.05, 0.1) is 5.69 Å². The molecule has 0 spiro atoms. The summed E-state index contributed by atoms with van der Waals surface area (Å²) in [5.41, 5.74) is 5.49. The Bertz CT molecular complexity index is 209. The molecule has 0 aromatic heterocycles. The van der Waals surface area contributed by atoms with Crippen molar-refractivity contribution in [2.24, 2.45) is 0 Å². The van der Waals surface area contributed by atoms with E-state index in [0.29, 0.717) is 5.56 Å². The lowest BCUT2D eigenvalue weighted by Gasteiger charge is -1.98. The first-order valence-corrected chi connectivity index (χ1v) is 3.82. The van der Waals surface area contributed by atoms with Gasteiger partial charge in [-0.25, -0.2) is 8.78 Å². The van der Waals surface area contributed by atoms with Crippen molar-refractivity contribution in [3.8, 4) is 0 Å². The summed E-state index contributed by atoms with van der Waals surface area (Å²) < 4.78 is 24.9. The minimum absolute atomic E-state index is 0.0149. The second-order valence-electron chi connectivity index (χ2n) is 2.12. The normalized spacial score (nSPS) is 8.75. The van der Waals surface area contributed by atoms with E-state index < -0.39 is 11.6 Å². The summed E-state index contributed by atoms with van der Waals surface area (Å²) >= 11 is 0. The van der Waals surface area contributed by atoms with Gasteiger partial charge in [0, 0.05) is 6.07 Å². The molecule has 0 fully saturated rings. The fourth-order valence-electron chi connectivity index (χ4n) is 0.680. The van der Waals surface area contributed by atoms with Crippen LogP contribution in [0, 0.1) is 18.6 Å². The van der Waals surface area contributed by atoms with E-state index in [0.717, 1.165) is 6.07 Å². The molecular formula is C9H13F2N. The van der Waals surface area contributed by atoms with Crippen molar-refractivity contribution in [3.63, 3.8) is 0 Å². The molecule has 0 atom stereocenters. The molecule has 1 aromatic carbocycles. The second kappa shape index (κ2) is 4.70. The van der Waals surface area contributed by atoms with Gasteiger partial charge in [0.15, 0.2) is 0 Å². The van der Waals surface area contributed by atoms with E-state index in [-0.39, 0.29) is 5.69 Å². The van der Waals surface area contributed by atoms with Crippen LogP contribution < -0.4 is 5.73 Å². The molecule has 3 heteroatoms. The maximum atomic E-state index is 12.5. The Labute approximate surface area is 71.2 Å². The van der Waals surface area contributed by atoms with Gasteiger partial charge in [-0.05, 0) is 18.6 Å². The van der Waals surface area contributed by atoms with Crippen LogP contribution in [0.3, 0.4) is 0 Å². The molecule has 0 aliphatic heterocycles. The molecular weight excluding hydrogens is 160 g/mol. The van der Waals surface area contributed by atoms with E-state index >= 15 is 0 Å². The molecule has 2 N–H and O–H groups in total. The van der Waals surface area contributed by atoms with E-state index in [1.54, 1.807) is 0 Å². The van der Waals surface area contributed by atoms with E-state index in [1.807, 2.05) is 13.8 Å². The Morgan fingerprint density at radius 2 is 1.58 bits per heavy atom. The third-order valence-electron chi connectivity index (χ3n) is 1.28. The smallest absolute Gasteiger partial charge is 0.149 e. The van der Waals surface area contributed by atoms with E-state index in [2.05, 4.69) is 0 Å². The maximum absolute atomic E-state index is 12.5. The molecule has 12 heavy (non-hydrogen) atoms. The van der Waals surface area contributed by atoms with Gasteiger partial charge in [0.25, 0.3) is 0 Å². The summed E-state index contributed by atoms with van der Waals surface area (Å²) in [6.07, 6.45) is 0. The van der Waals surface area contributed by atoms with Crippen LogP contribution in [0.1, 0.15) is 19.4 Å². The summed E-state index contributed by atoms with van der Waals surface area (Å²) in [5, 5.41) is 0. The molecule has 1 nitrogen and oxygen atoms in total. The van der Waals surface area contributed by atoms with Gasteiger partial charge in [-0.1, -0.05) is 13.8 Å². The molecule has 1 rings (SSSR count). The number of aryl methyl sites for hydroxylation is 1. The second-order valence-corrected chi connectivity index (χ2v) is 2.12. The van der Waals surface area contributed by atoms with Crippen molar-refractivity contribution in [3.05, 3.63) is 29.3 Å². The van der Waals surface area contributed by atoms with Gasteiger partial charge in [0.1, 0.15) is 11.6 Å². The minimum atomic E-state index is -0.705. The van der Waals surface area contributed by atoms with Gasteiger partial charge in [-0.2, -0.15) is 0 Å². The fraction of sp³-hybridized carbons (Fsp3) is 0.333. The Morgan fingerprint density at radius 3 is 2.00 bits per heavy atom. The predicted octanol–water partition coefficient (Wildman–Crippen LogP) is 2.88. The van der Waals surface area contributed by atoms with Crippen LogP contribution in [-0.2, 0) is 0 Å². The fourth-order valence-corrected chi connectivity index (χ4v) is 0.680. The van der Waals surface area contributed by atoms with Crippen molar-refractivity contribution in [2.45, 2.75) is 20.8 Å². The molecule has 0 unspecified atom stereocenters. The van der Waals surface area contributed by atoms with E-state index in [1.165, 1.54) is 13.0 Å². The van der Waals surface area contributed by atoms with E-state index in [4.69, 9.17) is 5.73 Å². The highest BCUT2D eigenvalue weighted by molar-refractivity contribution is 5.42. The minimum Gasteiger partial charge on any atom is -0.396 e. The van der Waals surface area contributed by atoms with Gasteiger partial charge in [-0.3, -0.25) is 0 Å². The molecule has 0 saturated carbocycles. The van der Waals surface area contributed by atoms with Gasteiger partial charge in [-0.15, -0.1) is 0 Å². The molecule has 0 radical (unpaired) electrons. The van der Waals surface area contributed by atoms with Crippen LogP contribution in [0.25, 0.3) is 0 Å². The molecule has 68 valence electrons. The van der Waals surface area contributed by atoms with Crippen LogP contribution in [0.15, 0.2) is 12.1 Å². The largest absolute Gasteiger partial charge is 0.396 e. The third kappa shape index (κ3) is 2.49. The van der Waals surface area contributed by atoms with Crippen LogP contribution in [0.4, 0.5) is 14.5 Å². The van der Waals surface area contributed by atoms with Crippen LogP contribution >= 0.6 is 0 Å². The van der Waals surface area contributed by atoms with Crippen molar-refractivity contribution in [1.82, 2.24) is 0 Å². The summed E-state index contributed by atoms with van der Waals surface area (Å²) in [7, 11) is 0. The molecule has 0 aliphatic rings. The molecule has 0 aliphatic carbocycles. The van der Waals surface area contributed by atoms with Crippen molar-refractivity contribution < 1.29 is 8.78 Å². The summed E-state index contributed by atoms with van der Waals surface area (Å²) in [5.74, 6) is -1.27. The lowest BCUT2D eigenvalue weighted by Crippen LogP contribution is -1.93. The summed E-state index contributed by atoms with van der Waals surface area (Å²) in [6, 6.07) is 2.05. The lowest BCUT2D eigenvalue weighted by molar-refractivity contribution is 0.580. The van der Waals surface area contributed by atoms with E-state index in [9.17, 15) is 8.78 Å². The molecule has 0 saturated heterocycles. The first-order valence-electron chi connectivity index (χ1n) is 3.82. The van der Waals surface area contributed by atoms with Crippen LogP contribution in [-0.4, -0.2) is 0 Å². The molecule has 0 heterocycles. The zero-order valence-corrected chi connectivity index (χ0v) is 7.49. The standard InChI is InChI=1S/C7H7F2N.C2H6/c1-4-2-7(10)6(9)3-5(4)8;1-2/h2-3H,10H2,1H3;1-2H3. The Morgan fingerprint density at radius 1 is 1.08 bits per heavy atom. The Balaban J connectivity index is 0.000000561. The number of hydrogen-bond acceptors (Lipinski definition) is 1. The molecule has 1 aromatic rings. The molecule has 0 bridgehead atoms. The predicted molar refractivity (Wildman–Crippen MR) is 46.9 cm³/mol. The third-order valence-corrected chi connectivity index (χ3v) is 1.28. The van der Waals surface area contributed by atoms with Crippen molar-refractivity contribution >= 4 is 5.69 Å². The first-order chi connectivity index (χ1) is 5.61. The van der Waals surface area contributed by atoms with Crippen molar-refractivity contribution in [2.75, 3.05) is 5.73 Å². The quantitative estimate of drug-likeness (QED) is 0.600. The van der Waals surface area contributed by atoms with Gasteiger partial charge < -0.3 is 5.73 Å². The molecule has 0 amide bonds. The first kappa shape index (κ1) is 10.9. The number of benzene rings is 1. The monoisotopic (exact) mass is 173 g/mol. The highest BCUT2D eigenvalue weighted by Gasteiger charge is 2.02. The van der Waals surface area contributed by atoms with Crippen LogP contribution in [0.5, 0.6) is 0 Å². The van der Waals surface area contributed by atoms with Crippen molar-refractivity contribution in [1.29, 1.82) is 0 Å². The average Bonchev–Trinajstić information content (AvgIpc) is 2.05. The number of nitrogen functional groups attached to an aromatic ring is 1. The summed E-state index contributed by atoms with van der Waals surface area (Å²) in [4.78, 5) is 0. The SMILES string of the molecule is CC.Cc1cc(N)c(F)cc1F. The summed E-state index contributed by atoms with van der Waals surface area (Å²) in [6.45, 7) is 5.53. The zero-order chi connectivity index (χ0) is 9.72. The number of hydrogen-bond donors (Lipinski definition) is 1. The number of rotatable bonds is 0. The van der Waals surface area contributed by atoms with Crippen LogP contribution in [0.2, 0.25) is 0 Å². The number of anilines is 1. The zero-order valence-electron chi connectivity index (χ0n) is 7.49.